The summed E-state index contributed by atoms with van der Waals surface area (Å²) in [6.07, 6.45) is 0. The van der Waals surface area contributed by atoms with Gasteiger partial charge < -0.3 is 15.3 Å². The monoisotopic (exact) mass is 152 g/mol. The Morgan fingerprint density at radius 1 is 1.00 bits per heavy atom. The molecule has 0 aliphatic carbocycles. The Bertz CT molecular complexity index is 71.8. The van der Waals surface area contributed by atoms with Gasteiger partial charge in [0.05, 0.1) is 31.8 Å². The molecule has 0 amide bonds. The maximum atomic E-state index is 8.60. The maximum absolute atomic E-state index is 8.60. The molecule has 5 nitrogen and oxygen atoms in total. The molecule has 0 bridgehead atoms. The fourth-order valence-electron chi connectivity index (χ4n) is 0.424. The van der Waals surface area contributed by atoms with E-state index in [-0.39, 0.29) is 6.61 Å². The van der Waals surface area contributed by atoms with Gasteiger partial charge >= 0.3 is 0 Å². The molecule has 0 fully saturated rings. The molecule has 0 rings (SSSR count). The van der Waals surface area contributed by atoms with Crippen molar-refractivity contribution in [2.75, 3.05) is 26.4 Å². The third kappa shape index (κ3) is 2.20. The molecule has 0 spiro atoms. The van der Waals surface area contributed by atoms with E-state index in [9.17, 15) is 0 Å². The minimum atomic E-state index is -1.13. The second-order valence-corrected chi connectivity index (χ2v) is 2.25. The predicted molar refractivity (Wildman–Crippen MR) is 32.3 cm³/mol. The van der Waals surface area contributed by atoms with Gasteiger partial charge in [-0.15, -0.1) is 0 Å². The summed E-state index contributed by atoms with van der Waals surface area (Å²) in [6, 6.07) is 0. The topological polar surface area (TPSA) is 90.2 Å². The first-order valence-electron chi connectivity index (χ1n) is 2.83. The van der Waals surface area contributed by atoms with Crippen LogP contribution in [0.4, 0.5) is 0 Å². The molecule has 0 saturated carbocycles. The normalized spacial score (nSPS) is 12.0. The first kappa shape index (κ1) is 9.80. The third-order valence-corrected chi connectivity index (χ3v) is 1.38. The van der Waals surface area contributed by atoms with Crippen molar-refractivity contribution < 1.29 is 25.5 Å². The standard InChI is InChI=1S/C5H12O5/c6-1-5(2-7,3-8)4-10-9/h6-9H,1-4H2. The number of hydrogen-bond acceptors (Lipinski definition) is 5. The van der Waals surface area contributed by atoms with E-state index in [0.717, 1.165) is 0 Å². The molecule has 5 heteroatoms. The number of aliphatic hydroxyl groups is 3. The van der Waals surface area contributed by atoms with Gasteiger partial charge in [-0.3, -0.25) is 5.26 Å². The highest BCUT2D eigenvalue weighted by Gasteiger charge is 2.28. The predicted octanol–water partition coefficient (Wildman–Crippen LogP) is -1.56. The lowest BCUT2D eigenvalue weighted by Gasteiger charge is -2.24. The number of hydrogen-bond donors (Lipinski definition) is 4. The largest absolute Gasteiger partial charge is 0.396 e. The summed E-state index contributed by atoms with van der Waals surface area (Å²) in [7, 11) is 0. The zero-order chi connectivity index (χ0) is 8.04. The lowest BCUT2D eigenvalue weighted by Crippen LogP contribution is -2.38. The summed E-state index contributed by atoms with van der Waals surface area (Å²) >= 11 is 0. The van der Waals surface area contributed by atoms with Crippen LogP contribution in [0.2, 0.25) is 0 Å². The SMILES string of the molecule is OCC(CO)(CO)COO. The fourth-order valence-corrected chi connectivity index (χ4v) is 0.424. The van der Waals surface area contributed by atoms with Gasteiger partial charge in [0.25, 0.3) is 0 Å². The minimum absolute atomic E-state index is 0.281. The van der Waals surface area contributed by atoms with Crippen LogP contribution in [-0.4, -0.2) is 47.0 Å². The molecule has 62 valence electrons. The first-order valence-corrected chi connectivity index (χ1v) is 2.83. The molecule has 0 radical (unpaired) electrons. The second kappa shape index (κ2) is 4.59. The zero-order valence-corrected chi connectivity index (χ0v) is 5.53. The molecule has 0 saturated heterocycles. The van der Waals surface area contributed by atoms with Gasteiger partial charge in [-0.25, -0.2) is 4.89 Å². The van der Waals surface area contributed by atoms with Crippen molar-refractivity contribution in [2.45, 2.75) is 0 Å². The van der Waals surface area contributed by atoms with Crippen molar-refractivity contribution >= 4 is 0 Å². The van der Waals surface area contributed by atoms with Crippen molar-refractivity contribution in [3.63, 3.8) is 0 Å². The second-order valence-electron chi connectivity index (χ2n) is 2.25. The van der Waals surface area contributed by atoms with E-state index in [1.54, 1.807) is 0 Å². The highest BCUT2D eigenvalue weighted by molar-refractivity contribution is 4.75. The summed E-state index contributed by atoms with van der Waals surface area (Å²) in [5.41, 5.74) is -1.13. The van der Waals surface area contributed by atoms with Crippen LogP contribution < -0.4 is 0 Å². The molecule has 0 aromatic carbocycles. The van der Waals surface area contributed by atoms with Crippen LogP contribution in [0, 0.1) is 5.41 Å². The molecule has 0 aromatic rings. The van der Waals surface area contributed by atoms with Crippen molar-refractivity contribution in [3.05, 3.63) is 0 Å². The van der Waals surface area contributed by atoms with Crippen LogP contribution in [0.1, 0.15) is 0 Å². The van der Waals surface area contributed by atoms with E-state index in [1.807, 2.05) is 0 Å². The van der Waals surface area contributed by atoms with Crippen molar-refractivity contribution in [1.29, 1.82) is 0 Å². The summed E-state index contributed by atoms with van der Waals surface area (Å²) in [5, 5.41) is 33.8. The van der Waals surface area contributed by atoms with Gasteiger partial charge in [-0.05, 0) is 0 Å². The van der Waals surface area contributed by atoms with E-state index in [4.69, 9.17) is 20.6 Å². The summed E-state index contributed by atoms with van der Waals surface area (Å²) in [6.45, 7) is -1.57. The Morgan fingerprint density at radius 3 is 1.50 bits per heavy atom. The van der Waals surface area contributed by atoms with E-state index in [2.05, 4.69) is 4.89 Å². The quantitative estimate of drug-likeness (QED) is 0.282. The minimum Gasteiger partial charge on any atom is -0.396 e. The molecular weight excluding hydrogens is 140 g/mol. The zero-order valence-electron chi connectivity index (χ0n) is 5.53. The van der Waals surface area contributed by atoms with E-state index < -0.39 is 25.2 Å². The highest BCUT2D eigenvalue weighted by atomic mass is 17.1. The lowest BCUT2D eigenvalue weighted by atomic mass is 9.93. The molecule has 4 N–H and O–H groups in total. The number of aliphatic hydroxyl groups excluding tert-OH is 3. The first-order chi connectivity index (χ1) is 4.74. The highest BCUT2D eigenvalue weighted by Crippen LogP contribution is 2.13. The molecular formula is C5H12O5. The molecule has 0 heterocycles. The summed E-state index contributed by atoms with van der Waals surface area (Å²) in [4.78, 5) is 3.70. The lowest BCUT2D eigenvalue weighted by molar-refractivity contribution is -0.272. The van der Waals surface area contributed by atoms with Gasteiger partial charge in [-0.2, -0.15) is 0 Å². The summed E-state index contributed by atoms with van der Waals surface area (Å²) < 4.78 is 0. The fraction of sp³-hybridized carbons (Fsp3) is 1.00. The van der Waals surface area contributed by atoms with Crippen molar-refractivity contribution in [2.24, 2.45) is 5.41 Å². The Morgan fingerprint density at radius 2 is 1.40 bits per heavy atom. The third-order valence-electron chi connectivity index (χ3n) is 1.38. The van der Waals surface area contributed by atoms with Crippen molar-refractivity contribution in [1.82, 2.24) is 0 Å². The van der Waals surface area contributed by atoms with Gasteiger partial charge in [0.15, 0.2) is 0 Å². The van der Waals surface area contributed by atoms with E-state index in [1.165, 1.54) is 0 Å². The molecule has 0 aliphatic heterocycles. The molecule has 0 aliphatic rings. The molecule has 10 heavy (non-hydrogen) atoms. The smallest absolute Gasteiger partial charge is 0.0942 e. The van der Waals surface area contributed by atoms with Crippen LogP contribution in [-0.2, 0) is 4.89 Å². The Balaban J connectivity index is 3.87. The van der Waals surface area contributed by atoms with Crippen LogP contribution in [0.5, 0.6) is 0 Å². The van der Waals surface area contributed by atoms with Gasteiger partial charge in [0, 0.05) is 0 Å². The van der Waals surface area contributed by atoms with Crippen LogP contribution >= 0.6 is 0 Å². The van der Waals surface area contributed by atoms with Crippen LogP contribution in [0.3, 0.4) is 0 Å². The van der Waals surface area contributed by atoms with Crippen molar-refractivity contribution in [3.8, 4) is 0 Å². The Kier molecular flexibility index (Phi) is 4.50. The van der Waals surface area contributed by atoms with E-state index in [0.29, 0.717) is 0 Å². The molecule has 0 atom stereocenters. The van der Waals surface area contributed by atoms with E-state index >= 15 is 0 Å². The van der Waals surface area contributed by atoms with Gasteiger partial charge in [0.2, 0.25) is 0 Å². The Hall–Kier alpha value is -0.200. The summed E-state index contributed by atoms with van der Waals surface area (Å²) in [5.74, 6) is 0. The average Bonchev–Trinajstić information content (AvgIpc) is 2.01. The van der Waals surface area contributed by atoms with Gasteiger partial charge in [-0.1, -0.05) is 0 Å². The molecule has 0 unspecified atom stereocenters. The Labute approximate surface area is 58.4 Å². The van der Waals surface area contributed by atoms with Crippen LogP contribution in [0.25, 0.3) is 0 Å². The average molecular weight is 152 g/mol. The van der Waals surface area contributed by atoms with Gasteiger partial charge in [0.1, 0.15) is 0 Å². The van der Waals surface area contributed by atoms with Crippen LogP contribution in [0.15, 0.2) is 0 Å². The number of rotatable bonds is 5. The maximum Gasteiger partial charge on any atom is 0.0942 e. The molecule has 0 aromatic heterocycles.